The van der Waals surface area contributed by atoms with Gasteiger partial charge in [-0.05, 0) is 39.2 Å². The molecule has 2 saturated heterocycles. The molecule has 2 fully saturated rings. The Balaban J connectivity index is 1.80. The fraction of sp³-hybridized carbons (Fsp3) is 0.786. The maximum Gasteiger partial charge on any atom is 0.126 e. The Kier molecular flexibility index (Phi) is 3.39. The van der Waals surface area contributed by atoms with Crippen molar-refractivity contribution in [1.29, 1.82) is 0 Å². The fourth-order valence-electron chi connectivity index (χ4n) is 3.46. The van der Waals surface area contributed by atoms with Crippen LogP contribution >= 0.6 is 0 Å². The smallest absolute Gasteiger partial charge is 0.126 e. The maximum atomic E-state index is 5.48. The van der Waals surface area contributed by atoms with Gasteiger partial charge in [-0.3, -0.25) is 4.90 Å². The number of nitrogens with zero attached hydrogens (tertiary/aromatic N) is 3. The lowest BCUT2D eigenvalue weighted by molar-refractivity contribution is 0.0275. The lowest BCUT2D eigenvalue weighted by atomic mass is 10.1. The number of aryl methyl sites for hydroxylation is 2. The summed E-state index contributed by atoms with van der Waals surface area (Å²) in [6.45, 7) is 5.15. The van der Waals surface area contributed by atoms with Crippen molar-refractivity contribution in [1.82, 2.24) is 14.5 Å². The van der Waals surface area contributed by atoms with Crippen molar-refractivity contribution in [2.45, 2.75) is 44.7 Å². The largest absolute Gasteiger partial charge is 0.381 e. The van der Waals surface area contributed by atoms with Gasteiger partial charge in [0.1, 0.15) is 5.82 Å². The molecule has 0 bridgehead atoms. The Labute approximate surface area is 109 Å². The molecular weight excluding hydrogens is 226 g/mol. The number of likely N-dealkylation sites (tertiary alicyclic amines) is 1. The molecule has 2 aliphatic heterocycles. The van der Waals surface area contributed by atoms with Crippen LogP contribution in [0.15, 0.2) is 6.20 Å². The van der Waals surface area contributed by atoms with E-state index in [0.717, 1.165) is 18.9 Å². The van der Waals surface area contributed by atoms with Crippen LogP contribution in [-0.4, -0.2) is 40.3 Å². The van der Waals surface area contributed by atoms with E-state index in [1.54, 1.807) is 0 Å². The summed E-state index contributed by atoms with van der Waals surface area (Å²) in [6, 6.07) is 1.22. The number of imidazole rings is 1. The first-order chi connectivity index (χ1) is 8.75. The van der Waals surface area contributed by atoms with Gasteiger partial charge in [-0.2, -0.15) is 0 Å². The summed E-state index contributed by atoms with van der Waals surface area (Å²) in [4.78, 5) is 7.40. The fourth-order valence-corrected chi connectivity index (χ4v) is 3.46. The van der Waals surface area contributed by atoms with Crippen LogP contribution in [0.5, 0.6) is 0 Å². The third kappa shape index (κ3) is 2.19. The van der Waals surface area contributed by atoms with Crippen LogP contribution < -0.4 is 0 Å². The first kappa shape index (κ1) is 12.2. The molecule has 0 amide bonds. The molecule has 1 aromatic rings. The molecule has 3 heterocycles. The zero-order valence-electron chi connectivity index (χ0n) is 11.4. The van der Waals surface area contributed by atoms with Gasteiger partial charge in [0.25, 0.3) is 0 Å². The minimum Gasteiger partial charge on any atom is -0.381 e. The van der Waals surface area contributed by atoms with Gasteiger partial charge in [0.05, 0.1) is 11.7 Å². The van der Waals surface area contributed by atoms with Crippen LogP contribution in [0, 0.1) is 6.92 Å². The van der Waals surface area contributed by atoms with Crippen molar-refractivity contribution >= 4 is 0 Å². The number of aromatic nitrogens is 2. The summed E-state index contributed by atoms with van der Waals surface area (Å²) in [7, 11) is 2.12. The summed E-state index contributed by atoms with van der Waals surface area (Å²) in [6.07, 6.45) is 7.05. The monoisotopic (exact) mass is 249 g/mol. The van der Waals surface area contributed by atoms with E-state index in [4.69, 9.17) is 9.72 Å². The van der Waals surface area contributed by atoms with Crippen molar-refractivity contribution in [3.05, 3.63) is 17.7 Å². The van der Waals surface area contributed by atoms with Gasteiger partial charge in [0, 0.05) is 32.5 Å². The quantitative estimate of drug-likeness (QED) is 0.803. The Morgan fingerprint density at radius 2 is 2.06 bits per heavy atom. The molecule has 18 heavy (non-hydrogen) atoms. The SMILES string of the molecule is Cc1cn(C)c(C2CCCN2C2CCOCC2)n1. The van der Waals surface area contributed by atoms with E-state index in [9.17, 15) is 0 Å². The lowest BCUT2D eigenvalue weighted by Crippen LogP contribution is -2.39. The molecule has 2 aliphatic rings. The zero-order valence-corrected chi connectivity index (χ0v) is 11.4. The molecule has 0 aromatic carbocycles. The molecule has 0 radical (unpaired) electrons. The number of hydrogen-bond acceptors (Lipinski definition) is 3. The standard InChI is InChI=1S/C14H23N3O/c1-11-10-16(2)14(15-11)13-4-3-7-17(13)12-5-8-18-9-6-12/h10,12-13H,3-9H2,1-2H3. The Morgan fingerprint density at radius 3 is 2.72 bits per heavy atom. The minimum absolute atomic E-state index is 0.520. The summed E-state index contributed by atoms with van der Waals surface area (Å²) in [5, 5.41) is 0. The Bertz CT molecular complexity index is 409. The van der Waals surface area contributed by atoms with Gasteiger partial charge >= 0.3 is 0 Å². The molecule has 0 saturated carbocycles. The normalized spacial score (nSPS) is 26.9. The third-order valence-corrected chi connectivity index (χ3v) is 4.28. The molecule has 0 spiro atoms. The van der Waals surface area contributed by atoms with E-state index in [0.29, 0.717) is 12.1 Å². The average molecular weight is 249 g/mol. The van der Waals surface area contributed by atoms with Crippen LogP contribution in [0.25, 0.3) is 0 Å². The first-order valence-electron chi connectivity index (χ1n) is 7.09. The maximum absolute atomic E-state index is 5.48. The third-order valence-electron chi connectivity index (χ3n) is 4.28. The molecule has 0 N–H and O–H groups in total. The molecule has 100 valence electrons. The predicted octanol–water partition coefficient (Wildman–Crippen LogP) is 2.04. The molecule has 1 atom stereocenters. The minimum atomic E-state index is 0.520. The van der Waals surface area contributed by atoms with Crippen molar-refractivity contribution in [2.75, 3.05) is 19.8 Å². The number of ether oxygens (including phenoxy) is 1. The highest BCUT2D eigenvalue weighted by Gasteiger charge is 2.34. The van der Waals surface area contributed by atoms with E-state index >= 15 is 0 Å². The topological polar surface area (TPSA) is 30.3 Å². The van der Waals surface area contributed by atoms with Crippen molar-refractivity contribution < 1.29 is 4.74 Å². The van der Waals surface area contributed by atoms with Gasteiger partial charge in [0.15, 0.2) is 0 Å². The van der Waals surface area contributed by atoms with Crippen molar-refractivity contribution in [2.24, 2.45) is 7.05 Å². The Hall–Kier alpha value is -0.870. The molecule has 4 nitrogen and oxygen atoms in total. The van der Waals surface area contributed by atoms with Crippen LogP contribution in [0.2, 0.25) is 0 Å². The van der Waals surface area contributed by atoms with E-state index in [1.807, 2.05) is 0 Å². The van der Waals surface area contributed by atoms with Gasteiger partial charge < -0.3 is 9.30 Å². The van der Waals surface area contributed by atoms with Crippen molar-refractivity contribution in [3.8, 4) is 0 Å². The molecule has 1 aromatic heterocycles. The highest BCUT2D eigenvalue weighted by atomic mass is 16.5. The average Bonchev–Trinajstić information content (AvgIpc) is 2.96. The number of rotatable bonds is 2. The lowest BCUT2D eigenvalue weighted by Gasteiger charge is -2.35. The molecule has 4 heteroatoms. The molecular formula is C14H23N3O. The first-order valence-corrected chi connectivity index (χ1v) is 7.09. The Morgan fingerprint density at radius 1 is 1.28 bits per heavy atom. The van der Waals surface area contributed by atoms with Gasteiger partial charge in [-0.1, -0.05) is 0 Å². The summed E-state index contributed by atoms with van der Waals surface area (Å²) in [5.41, 5.74) is 1.13. The van der Waals surface area contributed by atoms with Crippen LogP contribution in [0.4, 0.5) is 0 Å². The number of hydrogen-bond donors (Lipinski definition) is 0. The van der Waals surface area contributed by atoms with E-state index in [2.05, 4.69) is 29.6 Å². The molecule has 1 unspecified atom stereocenters. The molecule has 3 rings (SSSR count). The van der Waals surface area contributed by atoms with Crippen LogP contribution in [0.3, 0.4) is 0 Å². The highest BCUT2D eigenvalue weighted by Crippen LogP contribution is 2.35. The second-order valence-electron chi connectivity index (χ2n) is 5.59. The van der Waals surface area contributed by atoms with E-state index in [-0.39, 0.29) is 0 Å². The summed E-state index contributed by atoms with van der Waals surface area (Å²) < 4.78 is 7.69. The second-order valence-corrected chi connectivity index (χ2v) is 5.59. The predicted molar refractivity (Wildman–Crippen MR) is 70.5 cm³/mol. The van der Waals surface area contributed by atoms with Crippen LogP contribution in [0.1, 0.15) is 43.2 Å². The summed E-state index contributed by atoms with van der Waals surface area (Å²) >= 11 is 0. The van der Waals surface area contributed by atoms with Gasteiger partial charge in [-0.15, -0.1) is 0 Å². The zero-order chi connectivity index (χ0) is 12.5. The van der Waals surface area contributed by atoms with E-state index in [1.165, 1.54) is 38.1 Å². The molecule has 0 aliphatic carbocycles. The van der Waals surface area contributed by atoms with Gasteiger partial charge in [-0.25, -0.2) is 4.98 Å². The van der Waals surface area contributed by atoms with Gasteiger partial charge in [0.2, 0.25) is 0 Å². The van der Waals surface area contributed by atoms with Crippen LogP contribution in [-0.2, 0) is 11.8 Å². The van der Waals surface area contributed by atoms with Crippen molar-refractivity contribution in [3.63, 3.8) is 0 Å². The highest BCUT2D eigenvalue weighted by molar-refractivity contribution is 5.08. The summed E-state index contributed by atoms with van der Waals surface area (Å²) in [5.74, 6) is 1.25. The van der Waals surface area contributed by atoms with E-state index < -0.39 is 0 Å². The second kappa shape index (κ2) is 5.02.